The molecule has 0 amide bonds. The summed E-state index contributed by atoms with van der Waals surface area (Å²) in [5.74, 6) is 0.0122. The van der Waals surface area contributed by atoms with Crippen molar-refractivity contribution >= 4 is 23.4 Å². The number of carboxylic acids is 1. The molecular formula is C11H10N2O3S. The fourth-order valence-electron chi connectivity index (χ4n) is 1.24. The Morgan fingerprint density at radius 3 is 2.94 bits per heavy atom. The van der Waals surface area contributed by atoms with Crippen LogP contribution in [0.2, 0.25) is 0 Å². The number of hydrogen-bond acceptors (Lipinski definition) is 5. The predicted molar refractivity (Wildman–Crippen MR) is 63.9 cm³/mol. The van der Waals surface area contributed by atoms with Crippen molar-refractivity contribution < 1.29 is 14.3 Å². The Bertz CT molecular complexity index is 539. The molecule has 17 heavy (non-hydrogen) atoms. The molecular weight excluding hydrogens is 240 g/mol. The van der Waals surface area contributed by atoms with E-state index in [0.717, 1.165) is 4.90 Å². The molecule has 0 fully saturated rings. The minimum Gasteiger partial charge on any atom is -0.475 e. The van der Waals surface area contributed by atoms with Gasteiger partial charge in [0.15, 0.2) is 0 Å². The first kappa shape index (κ1) is 11.5. The maximum atomic E-state index is 10.6. The van der Waals surface area contributed by atoms with Gasteiger partial charge < -0.3 is 15.3 Å². The van der Waals surface area contributed by atoms with Crippen molar-refractivity contribution in [1.29, 1.82) is 0 Å². The van der Waals surface area contributed by atoms with Gasteiger partial charge in [-0.25, -0.2) is 4.79 Å². The number of aromatic carboxylic acids is 1. The molecule has 5 nitrogen and oxygen atoms in total. The molecule has 0 radical (unpaired) electrons. The molecule has 88 valence electrons. The molecule has 2 rings (SSSR count). The minimum absolute atomic E-state index is 0.0525. The zero-order chi connectivity index (χ0) is 12.3. The summed E-state index contributed by atoms with van der Waals surface area (Å²) in [7, 11) is 0. The SMILES string of the molecule is Nc1cnccc1SCc1ccc(C(=O)O)o1. The lowest BCUT2D eigenvalue weighted by Crippen LogP contribution is -1.92. The molecule has 0 spiro atoms. The van der Waals surface area contributed by atoms with Crippen molar-refractivity contribution in [3.63, 3.8) is 0 Å². The highest BCUT2D eigenvalue weighted by Gasteiger charge is 2.09. The van der Waals surface area contributed by atoms with Gasteiger partial charge in [-0.15, -0.1) is 11.8 Å². The second-order valence-electron chi connectivity index (χ2n) is 3.27. The van der Waals surface area contributed by atoms with Gasteiger partial charge in [0.05, 0.1) is 17.6 Å². The Hall–Kier alpha value is -1.95. The number of hydrogen-bond donors (Lipinski definition) is 2. The standard InChI is InChI=1S/C11H10N2O3S/c12-8-5-13-4-3-10(8)17-6-7-1-2-9(16-7)11(14)15/h1-5H,6,12H2,(H,14,15). The number of furan rings is 1. The van der Waals surface area contributed by atoms with Crippen molar-refractivity contribution in [2.24, 2.45) is 0 Å². The van der Waals surface area contributed by atoms with Gasteiger partial charge >= 0.3 is 5.97 Å². The van der Waals surface area contributed by atoms with E-state index < -0.39 is 5.97 Å². The number of thioether (sulfide) groups is 1. The second kappa shape index (κ2) is 4.92. The van der Waals surface area contributed by atoms with Crippen molar-refractivity contribution in [2.75, 3.05) is 5.73 Å². The highest BCUT2D eigenvalue weighted by Crippen LogP contribution is 2.27. The van der Waals surface area contributed by atoms with Crippen LogP contribution in [0.4, 0.5) is 5.69 Å². The Balaban J connectivity index is 2.02. The van der Waals surface area contributed by atoms with E-state index in [4.69, 9.17) is 15.3 Å². The van der Waals surface area contributed by atoms with Crippen molar-refractivity contribution in [1.82, 2.24) is 4.98 Å². The summed E-state index contributed by atoms with van der Waals surface area (Å²) < 4.78 is 5.13. The van der Waals surface area contributed by atoms with Gasteiger partial charge in [0.25, 0.3) is 0 Å². The van der Waals surface area contributed by atoms with E-state index in [1.54, 1.807) is 24.5 Å². The fraction of sp³-hybridized carbons (Fsp3) is 0.0909. The van der Waals surface area contributed by atoms with Gasteiger partial charge in [-0.3, -0.25) is 4.98 Å². The number of carboxylic acid groups (broad SMARTS) is 1. The molecule has 3 N–H and O–H groups in total. The number of aromatic nitrogens is 1. The van der Waals surface area contributed by atoms with Gasteiger partial charge in [-0.1, -0.05) is 0 Å². The van der Waals surface area contributed by atoms with Crippen LogP contribution in [0.25, 0.3) is 0 Å². The third-order valence-corrected chi connectivity index (χ3v) is 3.16. The van der Waals surface area contributed by atoms with E-state index in [-0.39, 0.29) is 5.76 Å². The Kier molecular flexibility index (Phi) is 3.34. The third kappa shape index (κ3) is 2.79. The number of carbonyl (C=O) groups is 1. The topological polar surface area (TPSA) is 89.3 Å². The van der Waals surface area contributed by atoms with Crippen LogP contribution in [0.3, 0.4) is 0 Å². The highest BCUT2D eigenvalue weighted by atomic mass is 32.2. The predicted octanol–water partition coefficient (Wildman–Crippen LogP) is 2.25. The van der Waals surface area contributed by atoms with Gasteiger partial charge in [-0.2, -0.15) is 0 Å². The van der Waals surface area contributed by atoms with Crippen LogP contribution in [0.5, 0.6) is 0 Å². The molecule has 0 bridgehead atoms. The number of anilines is 1. The zero-order valence-corrected chi connectivity index (χ0v) is 9.61. The fourth-order valence-corrected chi connectivity index (χ4v) is 2.07. The van der Waals surface area contributed by atoms with E-state index >= 15 is 0 Å². The van der Waals surface area contributed by atoms with E-state index in [0.29, 0.717) is 17.2 Å². The van der Waals surface area contributed by atoms with Crippen LogP contribution < -0.4 is 5.73 Å². The van der Waals surface area contributed by atoms with Crippen LogP contribution in [-0.2, 0) is 5.75 Å². The van der Waals surface area contributed by atoms with Crippen LogP contribution in [0.1, 0.15) is 16.3 Å². The molecule has 0 saturated heterocycles. The molecule has 0 atom stereocenters. The average molecular weight is 250 g/mol. The lowest BCUT2D eigenvalue weighted by Gasteiger charge is -2.02. The molecule has 0 saturated carbocycles. The lowest BCUT2D eigenvalue weighted by atomic mass is 10.4. The highest BCUT2D eigenvalue weighted by molar-refractivity contribution is 7.98. The summed E-state index contributed by atoms with van der Waals surface area (Å²) >= 11 is 1.47. The second-order valence-corrected chi connectivity index (χ2v) is 4.29. The molecule has 2 aromatic heterocycles. The number of nitrogens with zero attached hydrogens (tertiary/aromatic N) is 1. The molecule has 6 heteroatoms. The van der Waals surface area contributed by atoms with E-state index in [9.17, 15) is 4.79 Å². The first-order valence-electron chi connectivity index (χ1n) is 4.81. The van der Waals surface area contributed by atoms with E-state index in [1.807, 2.05) is 0 Å². The Morgan fingerprint density at radius 2 is 2.29 bits per heavy atom. The molecule has 0 aliphatic carbocycles. The van der Waals surface area contributed by atoms with E-state index in [1.165, 1.54) is 17.8 Å². The summed E-state index contributed by atoms with van der Waals surface area (Å²) in [6.45, 7) is 0. The lowest BCUT2D eigenvalue weighted by molar-refractivity contribution is 0.0661. The molecule has 0 aliphatic heterocycles. The van der Waals surface area contributed by atoms with E-state index in [2.05, 4.69) is 4.98 Å². The third-order valence-electron chi connectivity index (χ3n) is 2.05. The van der Waals surface area contributed by atoms with Crippen LogP contribution in [-0.4, -0.2) is 16.1 Å². The van der Waals surface area contributed by atoms with Gasteiger partial charge in [0, 0.05) is 11.1 Å². The van der Waals surface area contributed by atoms with Crippen molar-refractivity contribution in [3.8, 4) is 0 Å². The molecule has 2 heterocycles. The number of nitrogens with two attached hydrogens (primary N) is 1. The quantitative estimate of drug-likeness (QED) is 0.809. The zero-order valence-electron chi connectivity index (χ0n) is 8.79. The maximum Gasteiger partial charge on any atom is 0.371 e. The molecule has 0 aliphatic rings. The molecule has 2 aromatic rings. The van der Waals surface area contributed by atoms with Crippen molar-refractivity contribution in [2.45, 2.75) is 10.6 Å². The average Bonchev–Trinajstić information content (AvgIpc) is 2.77. The van der Waals surface area contributed by atoms with Gasteiger partial charge in [0.1, 0.15) is 5.76 Å². The summed E-state index contributed by atoms with van der Waals surface area (Å²) in [5, 5.41) is 8.70. The largest absolute Gasteiger partial charge is 0.475 e. The summed E-state index contributed by atoms with van der Waals surface area (Å²) in [6.07, 6.45) is 3.23. The minimum atomic E-state index is -1.07. The number of pyridine rings is 1. The normalized spacial score (nSPS) is 10.4. The monoisotopic (exact) mass is 250 g/mol. The number of rotatable bonds is 4. The first-order chi connectivity index (χ1) is 8.16. The van der Waals surface area contributed by atoms with Gasteiger partial charge in [0.2, 0.25) is 5.76 Å². The Labute approximate surface area is 102 Å². The summed E-state index contributed by atoms with van der Waals surface area (Å²) in [4.78, 5) is 15.4. The summed E-state index contributed by atoms with van der Waals surface area (Å²) in [6, 6.07) is 4.89. The smallest absolute Gasteiger partial charge is 0.371 e. The molecule has 0 unspecified atom stereocenters. The Morgan fingerprint density at radius 1 is 1.47 bits per heavy atom. The van der Waals surface area contributed by atoms with Crippen LogP contribution in [0, 0.1) is 0 Å². The van der Waals surface area contributed by atoms with Gasteiger partial charge in [-0.05, 0) is 18.2 Å². The summed E-state index contributed by atoms with van der Waals surface area (Å²) in [5.41, 5.74) is 6.33. The maximum absolute atomic E-state index is 10.6. The first-order valence-corrected chi connectivity index (χ1v) is 5.79. The molecule has 0 aromatic carbocycles. The van der Waals surface area contributed by atoms with Crippen LogP contribution in [0.15, 0.2) is 39.9 Å². The number of nitrogen functional groups attached to an aromatic ring is 1. The van der Waals surface area contributed by atoms with Crippen molar-refractivity contribution in [3.05, 3.63) is 42.1 Å². The van der Waals surface area contributed by atoms with Crippen LogP contribution >= 0.6 is 11.8 Å².